The van der Waals surface area contributed by atoms with Crippen LogP contribution >= 0.6 is 24.0 Å². The highest BCUT2D eigenvalue weighted by molar-refractivity contribution is 14.0. The molecule has 2 saturated heterocycles. The van der Waals surface area contributed by atoms with E-state index in [4.69, 9.17) is 14.5 Å². The summed E-state index contributed by atoms with van der Waals surface area (Å²) in [6.07, 6.45) is -0.226. The van der Waals surface area contributed by atoms with Crippen molar-refractivity contribution in [1.82, 2.24) is 20.0 Å². The molecule has 1 aromatic rings. The third-order valence-electron chi connectivity index (χ3n) is 5.35. The predicted molar refractivity (Wildman–Crippen MR) is 133 cm³/mol. The standard InChI is InChI=1S/C22H35N5O3.HI/c1-3-23-21(26-8-10-27(11-9-26)22(28)30-4-2)24-17-19-6-5-7-20(16-19)18-25-12-14-29-15-13-25;/h5-7,16H,3-4,8-15,17-18H2,1-2H3,(H,23,24);1H. The van der Waals surface area contributed by atoms with E-state index in [9.17, 15) is 4.79 Å². The van der Waals surface area contributed by atoms with Crippen molar-refractivity contribution in [2.45, 2.75) is 26.9 Å². The van der Waals surface area contributed by atoms with Gasteiger partial charge in [0.15, 0.2) is 5.96 Å². The molecular weight excluding hydrogens is 509 g/mol. The Labute approximate surface area is 203 Å². The topological polar surface area (TPSA) is 69.6 Å². The SMILES string of the molecule is CCNC(=NCc1cccc(CN2CCOCC2)c1)N1CCN(C(=O)OCC)CC1.I. The highest BCUT2D eigenvalue weighted by Crippen LogP contribution is 2.12. The molecule has 0 unspecified atom stereocenters. The largest absolute Gasteiger partial charge is 0.450 e. The molecule has 0 spiro atoms. The smallest absolute Gasteiger partial charge is 0.409 e. The minimum atomic E-state index is -0.226. The molecule has 174 valence electrons. The highest BCUT2D eigenvalue weighted by atomic mass is 127. The molecule has 0 aromatic heterocycles. The summed E-state index contributed by atoms with van der Waals surface area (Å²) >= 11 is 0. The number of carbonyl (C=O) groups excluding carboxylic acids is 1. The van der Waals surface area contributed by atoms with Crippen LogP contribution in [-0.4, -0.2) is 92.4 Å². The van der Waals surface area contributed by atoms with E-state index in [0.29, 0.717) is 26.2 Å². The number of benzene rings is 1. The number of aliphatic imine (C=N–C) groups is 1. The summed E-state index contributed by atoms with van der Waals surface area (Å²) in [5.74, 6) is 0.902. The fourth-order valence-corrected chi connectivity index (χ4v) is 3.75. The summed E-state index contributed by atoms with van der Waals surface area (Å²) in [5.41, 5.74) is 2.53. The molecule has 2 aliphatic rings. The van der Waals surface area contributed by atoms with Crippen molar-refractivity contribution >= 4 is 36.0 Å². The van der Waals surface area contributed by atoms with E-state index < -0.39 is 0 Å². The first-order valence-corrected chi connectivity index (χ1v) is 11.0. The maximum Gasteiger partial charge on any atom is 0.409 e. The van der Waals surface area contributed by atoms with Crippen molar-refractivity contribution in [3.8, 4) is 0 Å². The van der Waals surface area contributed by atoms with Gasteiger partial charge in [-0.15, -0.1) is 24.0 Å². The lowest BCUT2D eigenvalue weighted by molar-refractivity contribution is 0.0342. The van der Waals surface area contributed by atoms with Crippen molar-refractivity contribution in [1.29, 1.82) is 0 Å². The molecule has 9 heteroatoms. The number of rotatable bonds is 6. The summed E-state index contributed by atoms with van der Waals surface area (Å²) in [6, 6.07) is 8.68. The van der Waals surface area contributed by atoms with Gasteiger partial charge in [-0.05, 0) is 25.0 Å². The van der Waals surface area contributed by atoms with Crippen LogP contribution in [0.4, 0.5) is 4.79 Å². The van der Waals surface area contributed by atoms with Gasteiger partial charge in [-0.25, -0.2) is 9.79 Å². The van der Waals surface area contributed by atoms with Gasteiger partial charge in [0.1, 0.15) is 0 Å². The van der Waals surface area contributed by atoms with Gasteiger partial charge in [-0.3, -0.25) is 4.90 Å². The summed E-state index contributed by atoms with van der Waals surface area (Å²) < 4.78 is 10.5. The maximum atomic E-state index is 11.9. The molecule has 31 heavy (non-hydrogen) atoms. The lowest BCUT2D eigenvalue weighted by Crippen LogP contribution is -2.53. The van der Waals surface area contributed by atoms with E-state index in [0.717, 1.165) is 58.4 Å². The summed E-state index contributed by atoms with van der Waals surface area (Å²) in [5, 5.41) is 3.39. The maximum absolute atomic E-state index is 11.9. The van der Waals surface area contributed by atoms with Crippen LogP contribution in [0, 0.1) is 0 Å². The van der Waals surface area contributed by atoms with Crippen LogP contribution in [0.3, 0.4) is 0 Å². The Morgan fingerprint density at radius 1 is 1.06 bits per heavy atom. The number of nitrogens with one attached hydrogen (secondary N) is 1. The number of piperazine rings is 1. The van der Waals surface area contributed by atoms with Crippen molar-refractivity contribution in [3.63, 3.8) is 0 Å². The molecule has 8 nitrogen and oxygen atoms in total. The number of amides is 1. The van der Waals surface area contributed by atoms with Crippen molar-refractivity contribution in [3.05, 3.63) is 35.4 Å². The molecule has 2 aliphatic heterocycles. The predicted octanol–water partition coefficient (Wildman–Crippen LogP) is 2.38. The van der Waals surface area contributed by atoms with Gasteiger partial charge < -0.3 is 24.6 Å². The molecule has 0 saturated carbocycles. The molecule has 1 amide bonds. The summed E-state index contributed by atoms with van der Waals surface area (Å²) in [7, 11) is 0. The quantitative estimate of drug-likeness (QED) is 0.337. The Kier molecular flexibility index (Phi) is 11.4. The van der Waals surface area contributed by atoms with Gasteiger partial charge in [0.05, 0.1) is 26.4 Å². The van der Waals surface area contributed by atoms with E-state index in [-0.39, 0.29) is 30.1 Å². The third kappa shape index (κ3) is 8.12. The van der Waals surface area contributed by atoms with Gasteiger partial charge >= 0.3 is 6.09 Å². The highest BCUT2D eigenvalue weighted by Gasteiger charge is 2.23. The second-order valence-electron chi connectivity index (χ2n) is 7.55. The number of guanidine groups is 1. The van der Waals surface area contributed by atoms with Crippen LogP contribution in [0.15, 0.2) is 29.3 Å². The van der Waals surface area contributed by atoms with Crippen LogP contribution < -0.4 is 5.32 Å². The van der Waals surface area contributed by atoms with E-state index in [1.807, 2.05) is 6.92 Å². The average Bonchev–Trinajstić information content (AvgIpc) is 2.78. The van der Waals surface area contributed by atoms with Gasteiger partial charge in [0.25, 0.3) is 0 Å². The number of nitrogens with zero attached hydrogens (tertiary/aromatic N) is 4. The molecule has 2 fully saturated rings. The summed E-state index contributed by atoms with van der Waals surface area (Å²) in [6.45, 7) is 13.2. The normalized spacial score (nSPS) is 17.8. The molecule has 3 rings (SSSR count). The lowest BCUT2D eigenvalue weighted by Gasteiger charge is -2.35. The second-order valence-corrected chi connectivity index (χ2v) is 7.55. The number of hydrogen-bond acceptors (Lipinski definition) is 5. The lowest BCUT2D eigenvalue weighted by atomic mass is 10.1. The van der Waals surface area contributed by atoms with E-state index in [2.05, 4.69) is 46.3 Å². The number of halogens is 1. The molecular formula is C22H36IN5O3. The molecule has 0 aliphatic carbocycles. The Hall–Kier alpha value is -1.59. The van der Waals surface area contributed by atoms with Crippen molar-refractivity contribution in [2.75, 3.05) is 65.6 Å². The molecule has 1 aromatic carbocycles. The second kappa shape index (κ2) is 13.7. The third-order valence-corrected chi connectivity index (χ3v) is 5.35. The van der Waals surface area contributed by atoms with Gasteiger partial charge in [-0.2, -0.15) is 0 Å². The Balaban J connectivity index is 0.00000341. The van der Waals surface area contributed by atoms with Gasteiger partial charge in [0, 0.05) is 52.4 Å². The Morgan fingerprint density at radius 2 is 1.74 bits per heavy atom. The minimum Gasteiger partial charge on any atom is -0.450 e. The van der Waals surface area contributed by atoms with Crippen LogP contribution in [-0.2, 0) is 22.6 Å². The number of hydrogen-bond donors (Lipinski definition) is 1. The average molecular weight is 545 g/mol. The first-order chi connectivity index (χ1) is 14.7. The molecule has 0 radical (unpaired) electrons. The first kappa shape index (κ1) is 25.7. The zero-order valence-corrected chi connectivity index (χ0v) is 21.0. The fourth-order valence-electron chi connectivity index (χ4n) is 3.75. The number of carbonyl (C=O) groups is 1. The van der Waals surface area contributed by atoms with Crippen molar-refractivity contribution < 1.29 is 14.3 Å². The van der Waals surface area contributed by atoms with Gasteiger partial charge in [0.2, 0.25) is 0 Å². The summed E-state index contributed by atoms with van der Waals surface area (Å²) in [4.78, 5) is 23.2. The first-order valence-electron chi connectivity index (χ1n) is 11.0. The molecule has 0 atom stereocenters. The Bertz CT molecular complexity index is 704. The molecule has 1 N–H and O–H groups in total. The van der Waals surface area contributed by atoms with E-state index >= 15 is 0 Å². The van der Waals surface area contributed by atoms with Crippen LogP contribution in [0.2, 0.25) is 0 Å². The van der Waals surface area contributed by atoms with Crippen LogP contribution in [0.25, 0.3) is 0 Å². The van der Waals surface area contributed by atoms with Crippen LogP contribution in [0.5, 0.6) is 0 Å². The fraction of sp³-hybridized carbons (Fsp3) is 0.636. The monoisotopic (exact) mass is 545 g/mol. The van der Waals surface area contributed by atoms with E-state index in [1.54, 1.807) is 4.90 Å². The van der Waals surface area contributed by atoms with E-state index in [1.165, 1.54) is 11.1 Å². The van der Waals surface area contributed by atoms with Crippen LogP contribution in [0.1, 0.15) is 25.0 Å². The molecule has 0 bridgehead atoms. The zero-order valence-electron chi connectivity index (χ0n) is 18.7. The number of ether oxygens (including phenoxy) is 2. The Morgan fingerprint density at radius 3 is 2.42 bits per heavy atom. The number of morpholine rings is 1. The minimum absolute atomic E-state index is 0. The van der Waals surface area contributed by atoms with Crippen molar-refractivity contribution in [2.24, 2.45) is 4.99 Å². The van der Waals surface area contributed by atoms with Gasteiger partial charge in [-0.1, -0.05) is 24.3 Å². The zero-order chi connectivity index (χ0) is 21.2. The molecule has 2 heterocycles.